The second kappa shape index (κ2) is 9.68. The van der Waals surface area contributed by atoms with Crippen LogP contribution in [0.2, 0.25) is 0 Å². The Labute approximate surface area is 192 Å². The van der Waals surface area contributed by atoms with E-state index in [-0.39, 0.29) is 17.4 Å². The SMILES string of the molecule is CC(C)Oc1ccc(/C(O)=C2\C(=O)C(=O)N(CCCn3ccnc3)[C@H]2c2ccncc2)cc1. The number of imidazole rings is 1. The van der Waals surface area contributed by atoms with Gasteiger partial charge in [-0.3, -0.25) is 14.6 Å². The van der Waals surface area contributed by atoms with E-state index in [4.69, 9.17) is 4.74 Å². The molecule has 0 saturated carbocycles. The van der Waals surface area contributed by atoms with Gasteiger partial charge < -0.3 is 19.3 Å². The zero-order valence-electron chi connectivity index (χ0n) is 18.6. The molecule has 8 nitrogen and oxygen atoms in total. The quantitative estimate of drug-likeness (QED) is 0.323. The summed E-state index contributed by atoms with van der Waals surface area (Å²) in [7, 11) is 0. The number of hydrogen-bond acceptors (Lipinski definition) is 6. The van der Waals surface area contributed by atoms with E-state index in [0.29, 0.717) is 36.4 Å². The maximum absolute atomic E-state index is 13.1. The van der Waals surface area contributed by atoms with Crippen molar-refractivity contribution in [2.75, 3.05) is 6.54 Å². The number of amides is 1. The zero-order valence-corrected chi connectivity index (χ0v) is 18.6. The van der Waals surface area contributed by atoms with Crippen LogP contribution in [0, 0.1) is 0 Å². The second-order valence-corrected chi connectivity index (χ2v) is 8.12. The number of carbonyl (C=O) groups excluding carboxylic acids is 2. The van der Waals surface area contributed by atoms with Gasteiger partial charge in [-0.25, -0.2) is 4.98 Å². The van der Waals surface area contributed by atoms with Gasteiger partial charge in [-0.1, -0.05) is 0 Å². The fraction of sp³-hybridized carbons (Fsp3) is 0.280. The summed E-state index contributed by atoms with van der Waals surface area (Å²) in [5.74, 6) is -0.862. The lowest BCUT2D eigenvalue weighted by atomic mass is 9.96. The largest absolute Gasteiger partial charge is 0.507 e. The Morgan fingerprint density at radius 1 is 1.03 bits per heavy atom. The first-order valence-corrected chi connectivity index (χ1v) is 10.9. The Hall–Kier alpha value is -3.94. The molecular formula is C25H26N4O4. The lowest BCUT2D eigenvalue weighted by molar-refractivity contribution is -0.139. The van der Waals surface area contributed by atoms with E-state index >= 15 is 0 Å². The highest BCUT2D eigenvalue weighted by Gasteiger charge is 2.45. The molecular weight excluding hydrogens is 420 g/mol. The van der Waals surface area contributed by atoms with Gasteiger partial charge in [0.15, 0.2) is 0 Å². The van der Waals surface area contributed by atoms with E-state index in [9.17, 15) is 14.7 Å². The van der Waals surface area contributed by atoms with Crippen LogP contribution < -0.4 is 4.74 Å². The van der Waals surface area contributed by atoms with Gasteiger partial charge >= 0.3 is 0 Å². The number of aromatic nitrogens is 3. The number of ketones is 1. The average Bonchev–Trinajstić information content (AvgIpc) is 3.41. The normalized spacial score (nSPS) is 17.7. The molecule has 1 atom stereocenters. The third-order valence-corrected chi connectivity index (χ3v) is 5.44. The van der Waals surface area contributed by atoms with Crippen molar-refractivity contribution in [2.45, 2.75) is 39.0 Å². The molecule has 8 heteroatoms. The van der Waals surface area contributed by atoms with Gasteiger partial charge in [0.2, 0.25) is 0 Å². The number of ether oxygens (including phenoxy) is 1. The molecule has 1 fully saturated rings. The first-order valence-electron chi connectivity index (χ1n) is 10.9. The number of pyridine rings is 1. The Balaban J connectivity index is 1.67. The van der Waals surface area contributed by atoms with Crippen molar-refractivity contribution in [2.24, 2.45) is 0 Å². The molecule has 1 aliphatic rings. The highest BCUT2D eigenvalue weighted by molar-refractivity contribution is 6.46. The summed E-state index contributed by atoms with van der Waals surface area (Å²) in [4.78, 5) is 35.6. The van der Waals surface area contributed by atoms with Crippen molar-refractivity contribution in [3.8, 4) is 5.75 Å². The van der Waals surface area contributed by atoms with Crippen LogP contribution in [0.4, 0.5) is 0 Å². The molecule has 2 aromatic heterocycles. The molecule has 4 rings (SSSR count). The highest BCUT2D eigenvalue weighted by Crippen LogP contribution is 2.39. The summed E-state index contributed by atoms with van der Waals surface area (Å²) in [5.41, 5.74) is 1.24. The molecule has 3 aromatic rings. The molecule has 1 aromatic carbocycles. The first-order chi connectivity index (χ1) is 16.0. The van der Waals surface area contributed by atoms with Crippen LogP contribution in [0.5, 0.6) is 5.75 Å². The molecule has 0 radical (unpaired) electrons. The van der Waals surface area contributed by atoms with Crippen LogP contribution in [0.3, 0.4) is 0 Å². The van der Waals surface area contributed by atoms with Gasteiger partial charge in [0.05, 0.1) is 24.0 Å². The molecule has 1 saturated heterocycles. The van der Waals surface area contributed by atoms with Crippen molar-refractivity contribution in [1.82, 2.24) is 19.4 Å². The molecule has 170 valence electrons. The minimum atomic E-state index is -0.695. The summed E-state index contributed by atoms with van der Waals surface area (Å²) in [5, 5.41) is 11.1. The summed E-state index contributed by atoms with van der Waals surface area (Å²) >= 11 is 0. The Morgan fingerprint density at radius 2 is 1.76 bits per heavy atom. The van der Waals surface area contributed by atoms with Gasteiger partial charge in [0, 0.05) is 43.4 Å². The van der Waals surface area contributed by atoms with Gasteiger partial charge in [-0.2, -0.15) is 0 Å². The van der Waals surface area contributed by atoms with E-state index in [0.717, 1.165) is 0 Å². The van der Waals surface area contributed by atoms with Crippen LogP contribution in [0.15, 0.2) is 73.1 Å². The van der Waals surface area contributed by atoms with E-state index in [1.54, 1.807) is 61.3 Å². The number of Topliss-reactive ketones (excluding diaryl/α,β-unsaturated/α-hetero) is 1. The summed E-state index contributed by atoms with van der Waals surface area (Å²) < 4.78 is 7.57. The van der Waals surface area contributed by atoms with Crippen molar-refractivity contribution < 1.29 is 19.4 Å². The number of aliphatic hydroxyl groups is 1. The maximum Gasteiger partial charge on any atom is 0.295 e. The molecule has 0 unspecified atom stereocenters. The van der Waals surface area contributed by atoms with Crippen LogP contribution in [0.1, 0.15) is 37.4 Å². The number of aliphatic hydroxyl groups excluding tert-OH is 1. The van der Waals surface area contributed by atoms with Crippen LogP contribution in [-0.4, -0.2) is 48.9 Å². The van der Waals surface area contributed by atoms with Crippen LogP contribution in [0.25, 0.3) is 5.76 Å². The van der Waals surface area contributed by atoms with Crippen molar-refractivity contribution in [3.05, 3.63) is 84.2 Å². The number of likely N-dealkylation sites (tertiary alicyclic amines) is 1. The molecule has 3 heterocycles. The average molecular weight is 447 g/mol. The number of hydrogen-bond donors (Lipinski definition) is 1. The fourth-order valence-corrected chi connectivity index (χ4v) is 3.96. The monoisotopic (exact) mass is 446 g/mol. The minimum absolute atomic E-state index is 0.0174. The molecule has 1 amide bonds. The summed E-state index contributed by atoms with van der Waals surface area (Å²) in [6, 6.07) is 9.66. The smallest absolute Gasteiger partial charge is 0.295 e. The lowest BCUT2D eigenvalue weighted by Gasteiger charge is -2.25. The van der Waals surface area contributed by atoms with Crippen LogP contribution >= 0.6 is 0 Å². The number of nitrogens with zero attached hydrogens (tertiary/aromatic N) is 4. The summed E-state index contributed by atoms with van der Waals surface area (Å²) in [6.45, 7) is 4.87. The number of carbonyl (C=O) groups is 2. The van der Waals surface area contributed by atoms with Crippen molar-refractivity contribution in [1.29, 1.82) is 0 Å². The Bertz CT molecular complexity index is 1140. The van der Waals surface area contributed by atoms with E-state index < -0.39 is 17.7 Å². The van der Waals surface area contributed by atoms with Gasteiger partial charge in [0.1, 0.15) is 11.5 Å². The number of aryl methyl sites for hydroxylation is 1. The third-order valence-electron chi connectivity index (χ3n) is 5.44. The molecule has 1 aliphatic heterocycles. The first kappa shape index (κ1) is 22.3. The van der Waals surface area contributed by atoms with Gasteiger partial charge in [0.25, 0.3) is 11.7 Å². The molecule has 0 bridgehead atoms. The molecule has 0 aliphatic carbocycles. The van der Waals surface area contributed by atoms with Crippen LogP contribution in [-0.2, 0) is 16.1 Å². The summed E-state index contributed by atoms with van der Waals surface area (Å²) in [6.07, 6.45) is 9.12. The Morgan fingerprint density at radius 3 is 2.39 bits per heavy atom. The molecule has 0 spiro atoms. The molecule has 33 heavy (non-hydrogen) atoms. The third kappa shape index (κ3) is 4.79. The number of rotatable bonds is 8. The second-order valence-electron chi connectivity index (χ2n) is 8.12. The standard InChI is InChI=1S/C25H26N4O4/c1-17(2)33-20-6-4-19(5-7-20)23(30)21-22(18-8-10-26-11-9-18)29(25(32)24(21)31)14-3-13-28-15-12-27-16-28/h4-12,15-17,22,30H,3,13-14H2,1-2H3/b23-21+/t22-/m0/s1. The minimum Gasteiger partial charge on any atom is -0.507 e. The van der Waals surface area contributed by atoms with Crippen molar-refractivity contribution >= 4 is 17.4 Å². The lowest BCUT2D eigenvalue weighted by Crippen LogP contribution is -2.31. The fourth-order valence-electron chi connectivity index (χ4n) is 3.96. The van der Waals surface area contributed by atoms with Crippen molar-refractivity contribution in [3.63, 3.8) is 0 Å². The zero-order chi connectivity index (χ0) is 23.4. The van der Waals surface area contributed by atoms with E-state index in [1.165, 1.54) is 4.90 Å². The van der Waals surface area contributed by atoms with Gasteiger partial charge in [-0.15, -0.1) is 0 Å². The highest BCUT2D eigenvalue weighted by atomic mass is 16.5. The van der Waals surface area contributed by atoms with E-state index in [2.05, 4.69) is 9.97 Å². The topological polar surface area (TPSA) is 97.6 Å². The predicted octanol–water partition coefficient (Wildman–Crippen LogP) is 3.58. The van der Waals surface area contributed by atoms with Gasteiger partial charge in [-0.05, 0) is 62.2 Å². The maximum atomic E-state index is 13.1. The number of benzene rings is 1. The molecule has 1 N–H and O–H groups in total. The predicted molar refractivity (Wildman–Crippen MR) is 122 cm³/mol. The van der Waals surface area contributed by atoms with E-state index in [1.807, 2.05) is 24.6 Å². The Kier molecular flexibility index (Phi) is 6.53.